The minimum atomic E-state index is 0.288. The van der Waals surface area contributed by atoms with Crippen molar-refractivity contribution in [2.45, 2.75) is 78.2 Å². The normalized spacial score (nSPS) is 48.7. The van der Waals surface area contributed by atoms with Gasteiger partial charge in [0.15, 0.2) is 0 Å². The Morgan fingerprint density at radius 2 is 1.74 bits per heavy atom. The van der Waals surface area contributed by atoms with Crippen molar-refractivity contribution >= 4 is 0 Å². The van der Waals surface area contributed by atoms with E-state index >= 15 is 0 Å². The number of rotatable bonds is 3. The zero-order valence-electron chi connectivity index (χ0n) is 12.9. The van der Waals surface area contributed by atoms with E-state index < -0.39 is 0 Å². The van der Waals surface area contributed by atoms with Gasteiger partial charge >= 0.3 is 0 Å². The molecule has 0 heterocycles. The van der Waals surface area contributed by atoms with Gasteiger partial charge in [0, 0.05) is 12.5 Å². The smallest absolute Gasteiger partial charge is 0.0241 e. The lowest BCUT2D eigenvalue weighted by Gasteiger charge is -2.66. The van der Waals surface area contributed by atoms with Crippen LogP contribution in [-0.4, -0.2) is 6.04 Å². The quantitative estimate of drug-likeness (QED) is 0.758. The van der Waals surface area contributed by atoms with E-state index in [0.29, 0.717) is 16.2 Å². The molecule has 2 N–H and O–H groups in total. The third-order valence-electron chi connectivity index (χ3n) is 5.98. The highest BCUT2D eigenvalue weighted by atomic mass is 14.7. The van der Waals surface area contributed by atoms with Gasteiger partial charge in [0.25, 0.3) is 0 Å². The van der Waals surface area contributed by atoms with Crippen LogP contribution in [0.15, 0.2) is 0 Å². The lowest BCUT2D eigenvalue weighted by atomic mass is 9.39. The highest BCUT2D eigenvalue weighted by molar-refractivity contribution is 5.11. The van der Waals surface area contributed by atoms with E-state index in [1.165, 1.54) is 44.9 Å². The van der Waals surface area contributed by atoms with Crippen molar-refractivity contribution in [3.8, 4) is 11.8 Å². The fourth-order valence-electron chi connectivity index (χ4n) is 6.77. The van der Waals surface area contributed by atoms with Crippen LogP contribution >= 0.6 is 0 Å². The van der Waals surface area contributed by atoms with Gasteiger partial charge in [-0.05, 0) is 74.0 Å². The van der Waals surface area contributed by atoms with E-state index in [-0.39, 0.29) is 6.04 Å². The van der Waals surface area contributed by atoms with Crippen LogP contribution in [0, 0.1) is 34.0 Å². The summed E-state index contributed by atoms with van der Waals surface area (Å²) in [4.78, 5) is 0. The van der Waals surface area contributed by atoms with Crippen LogP contribution in [0.3, 0.4) is 0 Å². The van der Waals surface area contributed by atoms with Gasteiger partial charge in [0.1, 0.15) is 0 Å². The van der Waals surface area contributed by atoms with Crippen molar-refractivity contribution in [1.29, 1.82) is 0 Å². The first-order chi connectivity index (χ1) is 8.86. The van der Waals surface area contributed by atoms with Crippen LogP contribution in [0.25, 0.3) is 0 Å². The molecule has 4 bridgehead atoms. The van der Waals surface area contributed by atoms with Gasteiger partial charge in [-0.2, -0.15) is 0 Å². The predicted molar refractivity (Wildman–Crippen MR) is 80.5 cm³/mol. The van der Waals surface area contributed by atoms with E-state index in [2.05, 4.69) is 25.7 Å². The molecule has 19 heavy (non-hydrogen) atoms. The molecule has 0 amide bonds. The van der Waals surface area contributed by atoms with E-state index in [0.717, 1.165) is 12.3 Å². The minimum Gasteiger partial charge on any atom is -0.327 e. The summed E-state index contributed by atoms with van der Waals surface area (Å²) in [7, 11) is 0. The first-order valence-electron chi connectivity index (χ1n) is 8.01. The van der Waals surface area contributed by atoms with Gasteiger partial charge in [-0.25, -0.2) is 0 Å². The van der Waals surface area contributed by atoms with Crippen molar-refractivity contribution in [1.82, 2.24) is 0 Å². The fraction of sp³-hybridized carbons (Fsp3) is 0.889. The van der Waals surface area contributed by atoms with Crippen molar-refractivity contribution in [2.24, 2.45) is 27.9 Å². The summed E-state index contributed by atoms with van der Waals surface area (Å²) in [5.41, 5.74) is 8.15. The first-order valence-corrected chi connectivity index (χ1v) is 8.01. The molecule has 4 aliphatic carbocycles. The highest BCUT2D eigenvalue weighted by Crippen LogP contribution is 2.70. The summed E-state index contributed by atoms with van der Waals surface area (Å²) in [6.07, 6.45) is 10.8. The summed E-state index contributed by atoms with van der Waals surface area (Å²) in [6, 6.07) is 0.288. The molecule has 1 nitrogen and oxygen atoms in total. The summed E-state index contributed by atoms with van der Waals surface area (Å²) in [5.74, 6) is 7.15. The minimum absolute atomic E-state index is 0.288. The Labute approximate surface area is 118 Å². The summed E-state index contributed by atoms with van der Waals surface area (Å²) < 4.78 is 0. The standard InChI is InChI=1S/C18H29N/c1-4-5-6-15(19)10-18-9-14-7-16(2,12-18)11-17(3,8-14)13-18/h14-15H,6-13,19H2,1-3H3. The molecule has 0 radical (unpaired) electrons. The van der Waals surface area contributed by atoms with Gasteiger partial charge in [-0.15, -0.1) is 11.8 Å². The van der Waals surface area contributed by atoms with Crippen molar-refractivity contribution in [2.75, 3.05) is 0 Å². The molecular formula is C18H29N. The van der Waals surface area contributed by atoms with Crippen LogP contribution in [-0.2, 0) is 0 Å². The first kappa shape index (κ1) is 13.5. The number of hydrogen-bond donors (Lipinski definition) is 1. The van der Waals surface area contributed by atoms with Gasteiger partial charge < -0.3 is 5.73 Å². The monoisotopic (exact) mass is 259 g/mol. The lowest BCUT2D eigenvalue weighted by molar-refractivity contribution is -0.149. The molecule has 4 rings (SSSR count). The molecule has 4 fully saturated rings. The molecule has 0 spiro atoms. The summed E-state index contributed by atoms with van der Waals surface area (Å²) in [6.45, 7) is 7.00. The van der Waals surface area contributed by atoms with Gasteiger partial charge in [-0.1, -0.05) is 13.8 Å². The maximum atomic E-state index is 6.36. The second-order valence-corrected chi connectivity index (χ2v) is 8.73. The molecule has 0 aromatic heterocycles. The molecule has 0 aliphatic heterocycles. The molecule has 106 valence electrons. The van der Waals surface area contributed by atoms with Crippen LogP contribution in [0.2, 0.25) is 0 Å². The molecule has 3 unspecified atom stereocenters. The average Bonchev–Trinajstić information content (AvgIpc) is 2.20. The van der Waals surface area contributed by atoms with E-state index in [1.54, 1.807) is 0 Å². The third kappa shape index (κ3) is 2.45. The number of nitrogens with two attached hydrogens (primary N) is 1. The average molecular weight is 259 g/mol. The van der Waals surface area contributed by atoms with Crippen molar-refractivity contribution < 1.29 is 0 Å². The van der Waals surface area contributed by atoms with Crippen LogP contribution in [0.1, 0.15) is 72.1 Å². The Morgan fingerprint density at radius 3 is 2.26 bits per heavy atom. The van der Waals surface area contributed by atoms with E-state index in [9.17, 15) is 0 Å². The largest absolute Gasteiger partial charge is 0.327 e. The van der Waals surface area contributed by atoms with Gasteiger partial charge in [0.2, 0.25) is 0 Å². The predicted octanol–water partition coefficient (Wildman–Crippen LogP) is 4.11. The second kappa shape index (κ2) is 4.26. The Kier molecular flexibility index (Phi) is 3.02. The molecule has 3 atom stereocenters. The summed E-state index contributed by atoms with van der Waals surface area (Å²) >= 11 is 0. The molecule has 4 saturated carbocycles. The molecule has 1 heteroatoms. The summed E-state index contributed by atoms with van der Waals surface area (Å²) in [5, 5.41) is 0. The molecular weight excluding hydrogens is 230 g/mol. The molecule has 4 aliphatic rings. The second-order valence-electron chi connectivity index (χ2n) is 8.73. The van der Waals surface area contributed by atoms with Crippen LogP contribution < -0.4 is 5.73 Å². The maximum Gasteiger partial charge on any atom is 0.0241 e. The molecule has 0 saturated heterocycles. The lowest BCUT2D eigenvalue weighted by Crippen LogP contribution is -2.56. The Balaban J connectivity index is 1.78. The third-order valence-corrected chi connectivity index (χ3v) is 5.98. The van der Waals surface area contributed by atoms with Crippen molar-refractivity contribution in [3.05, 3.63) is 0 Å². The van der Waals surface area contributed by atoms with Gasteiger partial charge in [-0.3, -0.25) is 0 Å². The Hall–Kier alpha value is -0.480. The van der Waals surface area contributed by atoms with Crippen molar-refractivity contribution in [3.63, 3.8) is 0 Å². The zero-order chi connectivity index (χ0) is 13.7. The van der Waals surface area contributed by atoms with E-state index in [4.69, 9.17) is 5.73 Å². The zero-order valence-corrected chi connectivity index (χ0v) is 12.9. The topological polar surface area (TPSA) is 26.0 Å². The Bertz CT molecular complexity index is 409. The number of hydrogen-bond acceptors (Lipinski definition) is 1. The fourth-order valence-corrected chi connectivity index (χ4v) is 6.77. The van der Waals surface area contributed by atoms with E-state index in [1.807, 2.05) is 6.92 Å². The maximum absolute atomic E-state index is 6.36. The molecule has 0 aromatic rings. The highest BCUT2D eigenvalue weighted by Gasteiger charge is 2.59. The van der Waals surface area contributed by atoms with Crippen LogP contribution in [0.4, 0.5) is 0 Å². The van der Waals surface area contributed by atoms with Crippen LogP contribution in [0.5, 0.6) is 0 Å². The van der Waals surface area contributed by atoms with Gasteiger partial charge in [0.05, 0.1) is 0 Å². The Morgan fingerprint density at radius 1 is 1.11 bits per heavy atom. The molecule has 0 aromatic carbocycles. The SMILES string of the molecule is CC#CCC(N)CC12CC3CC(C)(CC(C)(C3)C1)C2.